The average molecular weight is 304 g/mol. The number of alkyl halides is 6. The quantitative estimate of drug-likeness (QED) is 0.483. The number of carbonyl (C=O) groups is 1. The SMILES string of the molecule is CC(=O)OC(CS(=O)(=O)O)(C(F)(F)F)C(F)(F)F. The molecule has 0 rings (SSSR count). The van der Waals surface area contributed by atoms with E-state index in [4.69, 9.17) is 4.55 Å². The second-order valence-electron chi connectivity index (χ2n) is 3.14. The monoisotopic (exact) mass is 304 g/mol. The maximum absolute atomic E-state index is 12.4. The van der Waals surface area contributed by atoms with Gasteiger partial charge in [-0.25, -0.2) is 0 Å². The van der Waals surface area contributed by atoms with Crippen molar-refractivity contribution in [2.24, 2.45) is 0 Å². The molecule has 0 unspecified atom stereocenters. The molecule has 0 aromatic rings. The number of esters is 1. The van der Waals surface area contributed by atoms with Crippen molar-refractivity contribution in [3.05, 3.63) is 0 Å². The van der Waals surface area contributed by atoms with E-state index in [1.165, 1.54) is 0 Å². The van der Waals surface area contributed by atoms with Crippen molar-refractivity contribution in [1.29, 1.82) is 0 Å². The highest BCUT2D eigenvalue weighted by atomic mass is 32.2. The Kier molecular flexibility index (Phi) is 4.31. The Morgan fingerprint density at radius 1 is 1.11 bits per heavy atom. The summed E-state index contributed by atoms with van der Waals surface area (Å²) < 4.78 is 106. The molecule has 18 heavy (non-hydrogen) atoms. The molecule has 0 radical (unpaired) electrons. The Morgan fingerprint density at radius 2 is 1.44 bits per heavy atom. The van der Waals surface area contributed by atoms with Crippen LogP contribution in [0.1, 0.15) is 6.92 Å². The van der Waals surface area contributed by atoms with Crippen LogP contribution in [0, 0.1) is 0 Å². The van der Waals surface area contributed by atoms with Crippen molar-refractivity contribution in [1.82, 2.24) is 0 Å². The molecule has 0 atom stereocenters. The predicted molar refractivity (Wildman–Crippen MR) is 43.0 cm³/mol. The molecule has 1 N–H and O–H groups in total. The van der Waals surface area contributed by atoms with Crippen LogP contribution < -0.4 is 0 Å². The summed E-state index contributed by atoms with van der Waals surface area (Å²) in [4.78, 5) is 10.3. The van der Waals surface area contributed by atoms with Crippen LogP contribution in [0.4, 0.5) is 26.3 Å². The molecule has 0 aliphatic rings. The van der Waals surface area contributed by atoms with Gasteiger partial charge in [-0.2, -0.15) is 34.8 Å². The molecule has 0 aliphatic carbocycles. The lowest BCUT2D eigenvalue weighted by molar-refractivity contribution is -0.360. The highest BCUT2D eigenvalue weighted by Crippen LogP contribution is 2.46. The Morgan fingerprint density at radius 3 is 1.61 bits per heavy atom. The van der Waals surface area contributed by atoms with Gasteiger partial charge in [0.2, 0.25) is 0 Å². The van der Waals surface area contributed by atoms with E-state index in [1.807, 2.05) is 0 Å². The lowest BCUT2D eigenvalue weighted by Crippen LogP contribution is -2.63. The average Bonchev–Trinajstić information content (AvgIpc) is 1.93. The lowest BCUT2D eigenvalue weighted by atomic mass is 10.1. The highest BCUT2D eigenvalue weighted by Gasteiger charge is 2.75. The van der Waals surface area contributed by atoms with Gasteiger partial charge in [0.1, 0.15) is 5.75 Å². The van der Waals surface area contributed by atoms with Crippen molar-refractivity contribution < 1.29 is 48.8 Å². The highest BCUT2D eigenvalue weighted by molar-refractivity contribution is 7.85. The van der Waals surface area contributed by atoms with Crippen LogP contribution in [0.2, 0.25) is 0 Å². The smallest absolute Gasteiger partial charge is 0.438 e. The van der Waals surface area contributed by atoms with E-state index in [0.29, 0.717) is 0 Å². The first-order valence-electron chi connectivity index (χ1n) is 3.90. The van der Waals surface area contributed by atoms with E-state index in [2.05, 4.69) is 4.74 Å². The Balaban J connectivity index is 5.97. The van der Waals surface area contributed by atoms with Crippen LogP contribution in [0.3, 0.4) is 0 Å². The summed E-state index contributed by atoms with van der Waals surface area (Å²) in [5.41, 5.74) is -5.31. The molecule has 12 heteroatoms. The molecular weight excluding hydrogens is 298 g/mol. The van der Waals surface area contributed by atoms with Gasteiger partial charge in [-0.15, -0.1) is 0 Å². The van der Waals surface area contributed by atoms with E-state index in [0.717, 1.165) is 0 Å². The minimum absolute atomic E-state index is 0.232. The fourth-order valence-corrected chi connectivity index (χ4v) is 1.87. The van der Waals surface area contributed by atoms with Crippen LogP contribution in [-0.4, -0.2) is 42.6 Å². The third kappa shape index (κ3) is 3.73. The topological polar surface area (TPSA) is 80.7 Å². The van der Waals surface area contributed by atoms with Crippen molar-refractivity contribution in [3.63, 3.8) is 0 Å². The molecule has 0 saturated carbocycles. The van der Waals surface area contributed by atoms with Gasteiger partial charge >= 0.3 is 23.9 Å². The van der Waals surface area contributed by atoms with E-state index in [9.17, 15) is 39.6 Å². The minimum atomic E-state index is -6.27. The molecule has 0 aromatic carbocycles. The van der Waals surface area contributed by atoms with Gasteiger partial charge in [-0.1, -0.05) is 0 Å². The summed E-state index contributed by atoms with van der Waals surface area (Å²) in [6.45, 7) is 0.232. The summed E-state index contributed by atoms with van der Waals surface area (Å²) in [5.74, 6) is -4.87. The van der Waals surface area contributed by atoms with E-state index < -0.39 is 39.8 Å². The summed E-state index contributed by atoms with van der Waals surface area (Å²) in [5, 5.41) is 0. The zero-order valence-corrected chi connectivity index (χ0v) is 9.28. The number of rotatable bonds is 3. The molecule has 0 amide bonds. The predicted octanol–water partition coefficient (Wildman–Crippen LogP) is 1.30. The first kappa shape index (κ1) is 17.0. The Labute approximate surface area is 96.5 Å². The fourth-order valence-electron chi connectivity index (χ4n) is 0.972. The maximum Gasteiger partial charge on any atom is 0.438 e. The van der Waals surface area contributed by atoms with Crippen LogP contribution in [0.15, 0.2) is 0 Å². The van der Waals surface area contributed by atoms with Crippen LogP contribution in [0.25, 0.3) is 0 Å². The van der Waals surface area contributed by atoms with Crippen molar-refractivity contribution >= 4 is 16.1 Å². The van der Waals surface area contributed by atoms with Crippen molar-refractivity contribution in [3.8, 4) is 0 Å². The van der Waals surface area contributed by atoms with Gasteiger partial charge in [0.05, 0.1) is 0 Å². The second kappa shape index (κ2) is 4.57. The first-order valence-corrected chi connectivity index (χ1v) is 5.51. The number of hydrogen-bond donors (Lipinski definition) is 1. The largest absolute Gasteiger partial charge is 0.438 e. The van der Waals surface area contributed by atoms with E-state index in [-0.39, 0.29) is 6.92 Å². The lowest BCUT2D eigenvalue weighted by Gasteiger charge is -2.35. The third-order valence-corrected chi connectivity index (χ3v) is 2.39. The molecule has 0 bridgehead atoms. The number of hydrogen-bond acceptors (Lipinski definition) is 4. The fraction of sp³-hybridized carbons (Fsp3) is 0.833. The third-order valence-electron chi connectivity index (χ3n) is 1.62. The van der Waals surface area contributed by atoms with Gasteiger partial charge in [-0.3, -0.25) is 9.35 Å². The van der Waals surface area contributed by atoms with Gasteiger partial charge in [0, 0.05) is 6.92 Å². The van der Waals surface area contributed by atoms with Gasteiger partial charge < -0.3 is 4.74 Å². The summed E-state index contributed by atoms with van der Waals surface area (Å²) in [6, 6.07) is 0. The molecule has 0 saturated heterocycles. The van der Waals surface area contributed by atoms with Crippen LogP contribution in [-0.2, 0) is 19.6 Å². The molecule has 0 aromatic heterocycles. The first-order chi connectivity index (χ1) is 7.62. The molecule has 5 nitrogen and oxygen atoms in total. The molecule has 0 spiro atoms. The van der Waals surface area contributed by atoms with E-state index >= 15 is 0 Å². The van der Waals surface area contributed by atoms with Gasteiger partial charge in [0.25, 0.3) is 10.1 Å². The molecule has 0 aliphatic heterocycles. The van der Waals surface area contributed by atoms with Crippen LogP contribution >= 0.6 is 0 Å². The van der Waals surface area contributed by atoms with Crippen molar-refractivity contribution in [2.75, 3.05) is 5.75 Å². The number of halogens is 6. The normalized spacial score (nSPS) is 14.4. The zero-order valence-electron chi connectivity index (χ0n) is 8.46. The minimum Gasteiger partial charge on any atom is -0.438 e. The summed E-state index contributed by atoms with van der Waals surface area (Å²) >= 11 is 0. The summed E-state index contributed by atoms with van der Waals surface area (Å²) in [6.07, 6.45) is -12.5. The van der Waals surface area contributed by atoms with Crippen molar-refractivity contribution in [2.45, 2.75) is 24.9 Å². The zero-order chi connectivity index (χ0) is 15.0. The molecule has 108 valence electrons. The van der Waals surface area contributed by atoms with E-state index in [1.54, 1.807) is 0 Å². The Bertz CT molecular complexity index is 407. The molecule has 0 fully saturated rings. The molecular formula is C6H6F6O5S. The molecule has 0 heterocycles. The summed E-state index contributed by atoms with van der Waals surface area (Å²) in [7, 11) is -5.71. The van der Waals surface area contributed by atoms with Gasteiger partial charge in [0.15, 0.2) is 0 Å². The Hall–Kier alpha value is -1.04. The van der Waals surface area contributed by atoms with Gasteiger partial charge in [-0.05, 0) is 0 Å². The maximum atomic E-state index is 12.4. The number of ether oxygens (including phenoxy) is 1. The second-order valence-corrected chi connectivity index (χ2v) is 4.59. The number of carbonyl (C=O) groups excluding carboxylic acids is 1. The van der Waals surface area contributed by atoms with Crippen LogP contribution in [0.5, 0.6) is 0 Å². The standard InChI is InChI=1S/C6H6F6O5S/c1-3(13)17-4(5(7,8)9,6(10,11)12)2-18(14,15)16/h2H2,1H3,(H,14,15,16).